The van der Waals surface area contributed by atoms with Gasteiger partial charge in [-0.05, 0) is 25.0 Å². The summed E-state index contributed by atoms with van der Waals surface area (Å²) in [6.45, 7) is 6.37. The summed E-state index contributed by atoms with van der Waals surface area (Å²) in [6, 6.07) is 21.0. The highest BCUT2D eigenvalue weighted by molar-refractivity contribution is 5.63. The van der Waals surface area contributed by atoms with E-state index in [4.69, 9.17) is 4.74 Å². The molecule has 0 N–H and O–H groups in total. The number of aromatic nitrogens is 2. The first-order valence-corrected chi connectivity index (χ1v) is 10.8. The van der Waals surface area contributed by atoms with Crippen molar-refractivity contribution in [2.45, 2.75) is 26.0 Å². The van der Waals surface area contributed by atoms with Crippen LogP contribution in [0, 0.1) is 10.1 Å². The predicted octanol–water partition coefficient (Wildman–Crippen LogP) is 4.08. The number of rotatable bonds is 7. The van der Waals surface area contributed by atoms with Crippen molar-refractivity contribution in [1.29, 1.82) is 0 Å². The van der Waals surface area contributed by atoms with Crippen LogP contribution in [-0.4, -0.2) is 52.1 Å². The van der Waals surface area contributed by atoms with Crippen LogP contribution in [0.4, 0.5) is 11.5 Å². The summed E-state index contributed by atoms with van der Waals surface area (Å²) in [4.78, 5) is 24.0. The van der Waals surface area contributed by atoms with Gasteiger partial charge in [0, 0.05) is 26.2 Å². The minimum atomic E-state index is -0.448. The lowest BCUT2D eigenvalue weighted by Crippen LogP contribution is -2.48. The zero-order valence-electron chi connectivity index (χ0n) is 18.3. The number of piperazine rings is 1. The summed E-state index contributed by atoms with van der Waals surface area (Å²) in [7, 11) is 0. The third kappa shape index (κ3) is 4.70. The Morgan fingerprint density at radius 2 is 1.47 bits per heavy atom. The van der Waals surface area contributed by atoms with Crippen LogP contribution in [0.25, 0.3) is 0 Å². The van der Waals surface area contributed by atoms with Gasteiger partial charge in [0.1, 0.15) is 6.33 Å². The molecule has 4 rings (SSSR count). The highest BCUT2D eigenvalue weighted by Crippen LogP contribution is 2.36. The average molecular weight is 434 g/mol. The molecule has 1 aromatic heterocycles. The number of anilines is 1. The summed E-state index contributed by atoms with van der Waals surface area (Å²) in [5.41, 5.74) is 2.29. The summed E-state index contributed by atoms with van der Waals surface area (Å²) < 4.78 is 5.58. The molecule has 0 bridgehead atoms. The second kappa shape index (κ2) is 9.74. The maximum Gasteiger partial charge on any atom is 0.372 e. The van der Waals surface area contributed by atoms with Crippen molar-refractivity contribution < 1.29 is 9.66 Å². The molecule has 0 saturated carbocycles. The Morgan fingerprint density at radius 1 is 0.906 bits per heavy atom. The predicted molar refractivity (Wildman–Crippen MR) is 123 cm³/mol. The zero-order valence-corrected chi connectivity index (χ0v) is 18.3. The van der Waals surface area contributed by atoms with E-state index in [2.05, 4.69) is 63.4 Å². The van der Waals surface area contributed by atoms with Crippen molar-refractivity contribution >= 4 is 11.5 Å². The van der Waals surface area contributed by atoms with E-state index in [1.165, 1.54) is 17.5 Å². The normalized spacial score (nSPS) is 14.7. The molecule has 0 amide bonds. The van der Waals surface area contributed by atoms with E-state index in [0.717, 1.165) is 13.1 Å². The monoisotopic (exact) mass is 433 g/mol. The van der Waals surface area contributed by atoms with E-state index < -0.39 is 4.92 Å². The van der Waals surface area contributed by atoms with Gasteiger partial charge in [-0.1, -0.05) is 60.7 Å². The fourth-order valence-corrected chi connectivity index (χ4v) is 4.13. The molecule has 1 aliphatic heterocycles. The largest absolute Gasteiger partial charge is 0.470 e. The van der Waals surface area contributed by atoms with Gasteiger partial charge in [-0.15, -0.1) is 0 Å². The van der Waals surface area contributed by atoms with Crippen molar-refractivity contribution in [3.05, 3.63) is 88.2 Å². The molecular formula is C24H27N5O3. The molecule has 2 heterocycles. The quantitative estimate of drug-likeness (QED) is 0.410. The fourth-order valence-electron chi connectivity index (χ4n) is 4.13. The van der Waals surface area contributed by atoms with Gasteiger partial charge in [0.25, 0.3) is 5.88 Å². The van der Waals surface area contributed by atoms with Gasteiger partial charge >= 0.3 is 5.69 Å². The average Bonchev–Trinajstić information content (AvgIpc) is 2.80. The molecule has 0 atom stereocenters. The lowest BCUT2D eigenvalue weighted by Gasteiger charge is -2.40. The molecule has 1 fully saturated rings. The Labute approximate surface area is 187 Å². The number of hydrogen-bond donors (Lipinski definition) is 0. The smallest absolute Gasteiger partial charge is 0.372 e. The molecule has 0 aliphatic carbocycles. The number of ether oxygens (including phenoxy) is 1. The van der Waals surface area contributed by atoms with Gasteiger partial charge in [0.05, 0.1) is 17.1 Å². The lowest BCUT2D eigenvalue weighted by atomic mass is 9.96. The van der Waals surface area contributed by atoms with Crippen LogP contribution in [0.1, 0.15) is 31.0 Å². The van der Waals surface area contributed by atoms with Crippen molar-refractivity contribution in [3.8, 4) is 5.88 Å². The van der Waals surface area contributed by atoms with Gasteiger partial charge in [-0.2, -0.15) is 4.98 Å². The van der Waals surface area contributed by atoms with Gasteiger partial charge in [0.15, 0.2) is 0 Å². The topological polar surface area (TPSA) is 84.6 Å². The molecule has 32 heavy (non-hydrogen) atoms. The molecule has 0 radical (unpaired) electrons. The summed E-state index contributed by atoms with van der Waals surface area (Å²) in [5, 5.41) is 11.8. The van der Waals surface area contributed by atoms with Gasteiger partial charge in [-0.25, -0.2) is 4.98 Å². The number of benzene rings is 2. The molecule has 3 aromatic rings. The van der Waals surface area contributed by atoms with E-state index in [1.54, 1.807) is 0 Å². The second-order valence-electron chi connectivity index (χ2n) is 8.02. The molecule has 1 saturated heterocycles. The van der Waals surface area contributed by atoms with Crippen molar-refractivity contribution in [2.24, 2.45) is 0 Å². The van der Waals surface area contributed by atoms with Crippen molar-refractivity contribution in [2.75, 3.05) is 31.1 Å². The van der Waals surface area contributed by atoms with Gasteiger partial charge in [0.2, 0.25) is 5.82 Å². The Balaban J connectivity index is 1.58. The Morgan fingerprint density at radius 3 is 1.97 bits per heavy atom. The highest BCUT2D eigenvalue weighted by atomic mass is 16.6. The van der Waals surface area contributed by atoms with Gasteiger partial charge < -0.3 is 9.64 Å². The highest BCUT2D eigenvalue weighted by Gasteiger charge is 2.32. The molecule has 8 nitrogen and oxygen atoms in total. The SMILES string of the molecule is CC(C)Oc1ncnc(N2CCN(C(c3ccccc3)c3ccccc3)CC2)c1[N+](=O)[O-]. The third-order valence-electron chi connectivity index (χ3n) is 5.51. The summed E-state index contributed by atoms with van der Waals surface area (Å²) in [5.74, 6) is 0.333. The number of hydrogen-bond acceptors (Lipinski definition) is 7. The van der Waals surface area contributed by atoms with Crippen molar-refractivity contribution in [3.63, 3.8) is 0 Å². The molecule has 8 heteroatoms. The maximum atomic E-state index is 11.8. The fraction of sp³-hybridized carbons (Fsp3) is 0.333. The van der Waals surface area contributed by atoms with E-state index in [9.17, 15) is 10.1 Å². The zero-order chi connectivity index (χ0) is 22.5. The minimum Gasteiger partial charge on any atom is -0.470 e. The van der Waals surface area contributed by atoms with Crippen molar-refractivity contribution in [1.82, 2.24) is 14.9 Å². The van der Waals surface area contributed by atoms with Crippen LogP contribution in [0.3, 0.4) is 0 Å². The third-order valence-corrected chi connectivity index (χ3v) is 5.51. The Bertz CT molecular complexity index is 999. The van der Waals surface area contributed by atoms with Crippen LogP contribution in [-0.2, 0) is 0 Å². The summed E-state index contributed by atoms with van der Waals surface area (Å²) in [6.07, 6.45) is 1.12. The van der Waals surface area contributed by atoms with E-state index in [0.29, 0.717) is 18.9 Å². The molecular weight excluding hydrogens is 406 g/mol. The maximum absolute atomic E-state index is 11.8. The molecule has 0 unspecified atom stereocenters. The van der Waals surface area contributed by atoms with Crippen LogP contribution < -0.4 is 9.64 Å². The van der Waals surface area contributed by atoms with Crippen LogP contribution in [0.5, 0.6) is 5.88 Å². The first-order chi connectivity index (χ1) is 15.5. The first kappa shape index (κ1) is 21.7. The number of nitrogens with zero attached hydrogens (tertiary/aromatic N) is 5. The Kier molecular flexibility index (Phi) is 6.61. The molecule has 166 valence electrons. The van der Waals surface area contributed by atoms with Crippen LogP contribution in [0.2, 0.25) is 0 Å². The lowest BCUT2D eigenvalue weighted by molar-refractivity contribution is -0.385. The molecule has 0 spiro atoms. The van der Waals surface area contributed by atoms with Crippen LogP contribution in [0.15, 0.2) is 67.0 Å². The van der Waals surface area contributed by atoms with Crippen LogP contribution >= 0.6 is 0 Å². The van der Waals surface area contributed by atoms with E-state index in [-0.39, 0.29) is 23.7 Å². The first-order valence-electron chi connectivity index (χ1n) is 10.8. The molecule has 2 aromatic carbocycles. The standard InChI is InChI=1S/C24H27N5O3/c1-18(2)32-24-22(29(30)31)23(25-17-26-24)28-15-13-27(14-16-28)21(19-9-5-3-6-10-19)20-11-7-4-8-12-20/h3-12,17-18,21H,13-16H2,1-2H3. The number of nitro groups is 1. The van der Waals surface area contributed by atoms with E-state index >= 15 is 0 Å². The van der Waals surface area contributed by atoms with Gasteiger partial charge in [-0.3, -0.25) is 15.0 Å². The minimum absolute atomic E-state index is 0.0175. The Hall–Kier alpha value is -3.52. The summed E-state index contributed by atoms with van der Waals surface area (Å²) >= 11 is 0. The van der Waals surface area contributed by atoms with E-state index in [1.807, 2.05) is 30.9 Å². The second-order valence-corrected chi connectivity index (χ2v) is 8.02. The molecule has 1 aliphatic rings.